The Labute approximate surface area is 117 Å². The smallest absolute Gasteiger partial charge is 0.389 e. The minimum absolute atomic E-state index is 0.165. The molecule has 1 saturated carbocycles. The first-order chi connectivity index (χ1) is 9.22. The summed E-state index contributed by atoms with van der Waals surface area (Å²) in [4.78, 5) is 0. The van der Waals surface area contributed by atoms with Crippen LogP contribution in [0.5, 0.6) is 0 Å². The summed E-state index contributed by atoms with van der Waals surface area (Å²) in [6.45, 7) is 4.16. The first-order valence-corrected chi connectivity index (χ1v) is 7.11. The second-order valence-electron chi connectivity index (χ2n) is 6.13. The Bertz CT molecular complexity index is 452. The predicted octanol–water partition coefficient (Wildman–Crippen LogP) is 4.44. The van der Waals surface area contributed by atoms with Crippen molar-refractivity contribution in [3.8, 4) is 0 Å². The predicted molar refractivity (Wildman–Crippen MR) is 72.3 cm³/mol. The van der Waals surface area contributed by atoms with Gasteiger partial charge in [-0.15, -0.1) is 0 Å². The maximum absolute atomic E-state index is 12.5. The average molecular weight is 286 g/mol. The number of benzene rings is 1. The molecule has 0 saturated heterocycles. The molecule has 0 aromatic heterocycles. The molecule has 1 fully saturated rings. The van der Waals surface area contributed by atoms with Gasteiger partial charge in [0.2, 0.25) is 0 Å². The molecule has 1 aromatic rings. The van der Waals surface area contributed by atoms with Crippen molar-refractivity contribution >= 4 is 0 Å². The lowest BCUT2D eigenvalue weighted by Gasteiger charge is -2.42. The molecular weight excluding hydrogens is 265 g/mol. The second kappa shape index (κ2) is 5.40. The largest absolute Gasteiger partial charge is 0.416 e. The van der Waals surface area contributed by atoms with Gasteiger partial charge in [0.05, 0.1) is 11.2 Å². The summed E-state index contributed by atoms with van der Waals surface area (Å²) in [5.41, 5.74) is -0.669. The topological polar surface area (TPSA) is 20.2 Å². The normalized spacial score (nSPS) is 31.3. The molecule has 0 amide bonds. The molecule has 0 radical (unpaired) electrons. The summed E-state index contributed by atoms with van der Waals surface area (Å²) in [6, 6.07) is 5.14. The van der Waals surface area contributed by atoms with Gasteiger partial charge in [-0.05, 0) is 36.0 Å². The van der Waals surface area contributed by atoms with Gasteiger partial charge in [-0.25, -0.2) is 0 Å². The Morgan fingerprint density at radius 3 is 2.35 bits per heavy atom. The lowest BCUT2D eigenvalue weighted by Crippen LogP contribution is -2.44. The van der Waals surface area contributed by atoms with Crippen LogP contribution >= 0.6 is 0 Å². The average Bonchev–Trinajstić information content (AvgIpc) is 2.35. The summed E-state index contributed by atoms with van der Waals surface area (Å²) in [7, 11) is 0. The summed E-state index contributed by atoms with van der Waals surface area (Å²) >= 11 is 0. The molecule has 1 aliphatic carbocycles. The number of hydrogen-bond donors (Lipinski definition) is 1. The molecule has 1 N–H and O–H groups in total. The zero-order chi connectivity index (χ0) is 15.0. The van der Waals surface area contributed by atoms with Gasteiger partial charge < -0.3 is 5.11 Å². The summed E-state index contributed by atoms with van der Waals surface area (Å²) in [5, 5.41) is 10.8. The lowest BCUT2D eigenvalue weighted by atomic mass is 9.68. The molecule has 0 heterocycles. The van der Waals surface area contributed by atoms with Gasteiger partial charge in [0.15, 0.2) is 0 Å². The van der Waals surface area contributed by atoms with Crippen LogP contribution in [0.15, 0.2) is 24.3 Å². The molecule has 3 atom stereocenters. The highest BCUT2D eigenvalue weighted by molar-refractivity contribution is 5.26. The van der Waals surface area contributed by atoms with Gasteiger partial charge in [-0.2, -0.15) is 13.2 Å². The van der Waals surface area contributed by atoms with Crippen molar-refractivity contribution in [3.63, 3.8) is 0 Å². The Kier molecular flexibility index (Phi) is 4.14. The van der Waals surface area contributed by atoms with Gasteiger partial charge >= 0.3 is 6.18 Å². The maximum atomic E-state index is 12.5. The molecule has 1 nitrogen and oxygen atoms in total. The minimum Gasteiger partial charge on any atom is -0.389 e. The van der Waals surface area contributed by atoms with Crippen LogP contribution in [0.25, 0.3) is 0 Å². The van der Waals surface area contributed by atoms with Crippen molar-refractivity contribution < 1.29 is 18.3 Å². The van der Waals surface area contributed by atoms with Crippen LogP contribution in [-0.2, 0) is 12.6 Å². The van der Waals surface area contributed by atoms with Gasteiger partial charge in [0.1, 0.15) is 0 Å². The SMILES string of the molecule is CC1CCCC(O)(Cc2ccc(C(F)(F)F)cc2)C1C. The van der Waals surface area contributed by atoms with Gasteiger partial charge in [0.25, 0.3) is 0 Å². The van der Waals surface area contributed by atoms with E-state index in [-0.39, 0.29) is 5.92 Å². The first kappa shape index (κ1) is 15.4. The fourth-order valence-electron chi connectivity index (χ4n) is 3.15. The van der Waals surface area contributed by atoms with Crippen LogP contribution < -0.4 is 0 Å². The molecule has 0 aliphatic heterocycles. The third kappa shape index (κ3) is 3.17. The first-order valence-electron chi connectivity index (χ1n) is 7.11. The quantitative estimate of drug-likeness (QED) is 0.852. The van der Waals surface area contributed by atoms with E-state index in [1.165, 1.54) is 12.1 Å². The molecule has 2 rings (SSSR count). The molecule has 3 unspecified atom stereocenters. The molecule has 4 heteroatoms. The summed E-state index contributed by atoms with van der Waals surface area (Å²) < 4.78 is 37.6. The van der Waals surface area contributed by atoms with Gasteiger partial charge in [-0.1, -0.05) is 38.8 Å². The standard InChI is InChI=1S/C16H21F3O/c1-11-4-3-9-15(20,12(11)2)10-13-5-7-14(8-6-13)16(17,18)19/h5-8,11-12,20H,3-4,9-10H2,1-2H3. The Morgan fingerprint density at radius 2 is 1.80 bits per heavy atom. The molecule has 20 heavy (non-hydrogen) atoms. The zero-order valence-corrected chi connectivity index (χ0v) is 11.9. The Balaban J connectivity index is 2.13. The Morgan fingerprint density at radius 1 is 1.20 bits per heavy atom. The van der Waals surface area contributed by atoms with Crippen LogP contribution in [-0.4, -0.2) is 10.7 Å². The van der Waals surface area contributed by atoms with Gasteiger partial charge in [0, 0.05) is 6.42 Å². The van der Waals surface area contributed by atoms with Gasteiger partial charge in [-0.3, -0.25) is 0 Å². The van der Waals surface area contributed by atoms with Crippen molar-refractivity contribution in [1.82, 2.24) is 0 Å². The number of hydrogen-bond acceptors (Lipinski definition) is 1. The molecule has 1 aliphatic rings. The van der Waals surface area contributed by atoms with Crippen LogP contribution in [0.2, 0.25) is 0 Å². The van der Waals surface area contributed by atoms with E-state index in [1.807, 2.05) is 6.92 Å². The van der Waals surface area contributed by atoms with E-state index in [2.05, 4.69) is 6.92 Å². The number of rotatable bonds is 2. The van der Waals surface area contributed by atoms with E-state index in [4.69, 9.17) is 0 Å². The van der Waals surface area contributed by atoms with E-state index in [9.17, 15) is 18.3 Å². The van der Waals surface area contributed by atoms with Crippen molar-refractivity contribution in [1.29, 1.82) is 0 Å². The van der Waals surface area contributed by atoms with E-state index in [0.717, 1.165) is 37.0 Å². The fraction of sp³-hybridized carbons (Fsp3) is 0.625. The third-order valence-corrected chi connectivity index (χ3v) is 4.76. The summed E-state index contributed by atoms with van der Waals surface area (Å²) in [6.07, 6.45) is -1.07. The minimum atomic E-state index is -4.30. The molecule has 112 valence electrons. The van der Waals surface area contributed by atoms with Crippen LogP contribution in [0, 0.1) is 11.8 Å². The van der Waals surface area contributed by atoms with E-state index in [1.54, 1.807) is 0 Å². The molecule has 0 spiro atoms. The number of alkyl halides is 3. The highest BCUT2D eigenvalue weighted by Crippen LogP contribution is 2.40. The molecular formula is C16H21F3O. The Hall–Kier alpha value is -1.03. The summed E-state index contributed by atoms with van der Waals surface area (Å²) in [5.74, 6) is 0.613. The van der Waals surface area contributed by atoms with Crippen molar-refractivity contribution in [2.75, 3.05) is 0 Å². The van der Waals surface area contributed by atoms with Crippen molar-refractivity contribution in [3.05, 3.63) is 35.4 Å². The molecule has 1 aromatic carbocycles. The highest BCUT2D eigenvalue weighted by Gasteiger charge is 2.39. The van der Waals surface area contributed by atoms with Crippen LogP contribution in [0.4, 0.5) is 13.2 Å². The lowest BCUT2D eigenvalue weighted by molar-refractivity contribution is -0.137. The van der Waals surface area contributed by atoms with Crippen molar-refractivity contribution in [2.24, 2.45) is 11.8 Å². The van der Waals surface area contributed by atoms with E-state index in [0.29, 0.717) is 12.3 Å². The fourth-order valence-corrected chi connectivity index (χ4v) is 3.15. The van der Waals surface area contributed by atoms with Crippen LogP contribution in [0.1, 0.15) is 44.2 Å². The van der Waals surface area contributed by atoms with E-state index >= 15 is 0 Å². The zero-order valence-electron chi connectivity index (χ0n) is 11.9. The number of aliphatic hydroxyl groups is 1. The highest BCUT2D eigenvalue weighted by atomic mass is 19.4. The monoisotopic (exact) mass is 286 g/mol. The van der Waals surface area contributed by atoms with E-state index < -0.39 is 17.3 Å². The maximum Gasteiger partial charge on any atom is 0.416 e. The van der Waals surface area contributed by atoms with Crippen molar-refractivity contribution in [2.45, 2.75) is 51.3 Å². The number of halogens is 3. The second-order valence-corrected chi connectivity index (χ2v) is 6.13. The molecule has 0 bridgehead atoms. The van der Waals surface area contributed by atoms with Crippen LogP contribution in [0.3, 0.4) is 0 Å². The third-order valence-electron chi connectivity index (χ3n) is 4.76.